The van der Waals surface area contributed by atoms with Crippen molar-refractivity contribution in [2.24, 2.45) is 4.99 Å². The molecule has 2 heterocycles. The van der Waals surface area contributed by atoms with E-state index >= 15 is 0 Å². The lowest BCUT2D eigenvalue weighted by molar-refractivity contribution is 0.0523. The van der Waals surface area contributed by atoms with Gasteiger partial charge < -0.3 is 19.7 Å². The number of hydrogen-bond acceptors (Lipinski definition) is 8. The lowest BCUT2D eigenvalue weighted by atomic mass is 10.1. The Kier molecular flexibility index (Phi) is 7.25. The Morgan fingerprint density at radius 2 is 1.72 bits per heavy atom. The largest absolute Gasteiger partial charge is 0.494 e. The molecule has 0 aliphatic rings. The molecule has 0 unspecified atom stereocenters. The third kappa shape index (κ3) is 4.76. The number of ether oxygens (including phenoxy) is 2. The number of hydrogen-bond donors (Lipinski definition) is 2. The van der Waals surface area contributed by atoms with E-state index in [4.69, 9.17) is 9.47 Å². The van der Waals surface area contributed by atoms with Crippen molar-refractivity contribution in [2.45, 2.75) is 26.8 Å². The number of aryl methyl sites for hydroxylation is 1. The number of methoxy groups -OCH3 is 1. The summed E-state index contributed by atoms with van der Waals surface area (Å²) in [4.78, 5) is 39.0. The number of carbonyl (C=O) groups is 2. The molecule has 4 aromatic rings. The van der Waals surface area contributed by atoms with E-state index in [-0.39, 0.29) is 35.0 Å². The number of fused-ring (bicyclic) bond motifs is 2. The van der Waals surface area contributed by atoms with Crippen molar-refractivity contribution in [3.63, 3.8) is 0 Å². The van der Waals surface area contributed by atoms with Gasteiger partial charge in [0.05, 0.1) is 23.3 Å². The van der Waals surface area contributed by atoms with Crippen molar-refractivity contribution in [2.75, 3.05) is 20.3 Å². The molecular formula is C26H26N4O6. The summed E-state index contributed by atoms with van der Waals surface area (Å²) in [7, 11) is 1.57. The summed E-state index contributed by atoms with van der Waals surface area (Å²) in [6.45, 7) is 4.23. The molecular weight excluding hydrogens is 464 g/mol. The molecule has 2 aromatic heterocycles. The summed E-state index contributed by atoms with van der Waals surface area (Å²) >= 11 is 0. The van der Waals surface area contributed by atoms with Gasteiger partial charge in [0.2, 0.25) is 11.8 Å². The van der Waals surface area contributed by atoms with Crippen LogP contribution in [-0.2, 0) is 16.0 Å². The van der Waals surface area contributed by atoms with Crippen molar-refractivity contribution in [3.8, 4) is 11.8 Å². The van der Waals surface area contributed by atoms with Gasteiger partial charge in [-0.1, -0.05) is 12.1 Å². The van der Waals surface area contributed by atoms with Gasteiger partial charge in [-0.15, -0.1) is 0 Å². The Balaban J connectivity index is 1.85. The molecule has 186 valence electrons. The SMILES string of the molecule is CCOC(=O)c1c(C)nc2ccccc2nc1=NC(=O)c1ccc2c(O)n(CCCOC)c(O)c2c1. The van der Waals surface area contributed by atoms with E-state index < -0.39 is 11.9 Å². The average molecular weight is 491 g/mol. The summed E-state index contributed by atoms with van der Waals surface area (Å²) in [5.74, 6) is -1.65. The zero-order valence-electron chi connectivity index (χ0n) is 20.2. The Morgan fingerprint density at radius 1 is 1.03 bits per heavy atom. The van der Waals surface area contributed by atoms with Crippen molar-refractivity contribution in [1.29, 1.82) is 0 Å². The maximum atomic E-state index is 13.2. The van der Waals surface area contributed by atoms with Crippen LogP contribution >= 0.6 is 0 Å². The minimum Gasteiger partial charge on any atom is -0.494 e. The maximum Gasteiger partial charge on any atom is 0.343 e. The molecule has 2 aromatic carbocycles. The second-order valence-electron chi connectivity index (χ2n) is 8.04. The second-order valence-corrected chi connectivity index (χ2v) is 8.04. The van der Waals surface area contributed by atoms with E-state index in [2.05, 4.69) is 15.0 Å². The smallest absolute Gasteiger partial charge is 0.343 e. The normalized spacial score (nSPS) is 11.8. The molecule has 0 radical (unpaired) electrons. The molecule has 0 aliphatic carbocycles. The molecule has 36 heavy (non-hydrogen) atoms. The molecule has 4 rings (SSSR count). The highest BCUT2D eigenvalue weighted by Gasteiger charge is 2.20. The fourth-order valence-corrected chi connectivity index (χ4v) is 3.93. The molecule has 0 fully saturated rings. The summed E-state index contributed by atoms with van der Waals surface area (Å²) in [5, 5.41) is 21.9. The number of rotatable bonds is 7. The molecule has 0 atom stereocenters. The maximum absolute atomic E-state index is 13.2. The van der Waals surface area contributed by atoms with Gasteiger partial charge in [-0.2, -0.15) is 4.99 Å². The fraction of sp³-hybridized carbons (Fsp3) is 0.269. The third-order valence-corrected chi connectivity index (χ3v) is 5.66. The topological polar surface area (TPSA) is 136 Å². The van der Waals surface area contributed by atoms with E-state index in [1.54, 1.807) is 45.2 Å². The molecule has 10 heteroatoms. The van der Waals surface area contributed by atoms with Crippen LogP contribution in [0.15, 0.2) is 47.5 Å². The molecule has 2 N–H and O–H groups in total. The molecule has 0 saturated carbocycles. The Bertz CT molecular complexity index is 1540. The summed E-state index contributed by atoms with van der Waals surface area (Å²) in [6.07, 6.45) is 0.578. The van der Waals surface area contributed by atoms with Gasteiger partial charge in [0, 0.05) is 36.6 Å². The minimum absolute atomic E-state index is 0.00716. The molecule has 0 bridgehead atoms. The third-order valence-electron chi connectivity index (χ3n) is 5.66. The fourth-order valence-electron chi connectivity index (χ4n) is 3.93. The Labute approximate surface area is 206 Å². The highest BCUT2D eigenvalue weighted by Crippen LogP contribution is 2.37. The van der Waals surface area contributed by atoms with Crippen LogP contribution in [0.2, 0.25) is 0 Å². The molecule has 10 nitrogen and oxygen atoms in total. The monoisotopic (exact) mass is 490 g/mol. The number of carbonyl (C=O) groups excluding carboxylic acids is 2. The number of esters is 1. The van der Waals surface area contributed by atoms with Gasteiger partial charge in [0.15, 0.2) is 5.49 Å². The van der Waals surface area contributed by atoms with Crippen LogP contribution in [0.3, 0.4) is 0 Å². The van der Waals surface area contributed by atoms with Crippen LogP contribution in [0, 0.1) is 6.92 Å². The minimum atomic E-state index is -0.687. The lowest BCUT2D eigenvalue weighted by Crippen LogP contribution is -2.22. The highest BCUT2D eigenvalue weighted by atomic mass is 16.5. The number of aromatic nitrogens is 3. The zero-order chi connectivity index (χ0) is 25.8. The number of para-hydroxylation sites is 2. The number of nitrogens with zero attached hydrogens (tertiary/aromatic N) is 4. The van der Waals surface area contributed by atoms with E-state index in [0.717, 1.165) is 0 Å². The molecule has 0 aliphatic heterocycles. The molecule has 1 amide bonds. The number of amides is 1. The lowest BCUT2D eigenvalue weighted by Gasteiger charge is -2.05. The quantitative estimate of drug-likeness (QED) is 0.298. The number of benzene rings is 2. The van der Waals surface area contributed by atoms with Crippen molar-refractivity contribution < 1.29 is 29.3 Å². The van der Waals surface area contributed by atoms with Crippen LogP contribution in [0.4, 0.5) is 0 Å². The first-order valence-electron chi connectivity index (χ1n) is 11.4. The van der Waals surface area contributed by atoms with Crippen molar-refractivity contribution in [3.05, 3.63) is 64.8 Å². The second kappa shape index (κ2) is 10.5. The van der Waals surface area contributed by atoms with Crippen LogP contribution in [0.5, 0.6) is 11.8 Å². The van der Waals surface area contributed by atoms with Gasteiger partial charge in [-0.3, -0.25) is 14.3 Å². The number of aromatic hydroxyl groups is 2. The first-order chi connectivity index (χ1) is 17.3. The zero-order valence-corrected chi connectivity index (χ0v) is 20.2. The summed E-state index contributed by atoms with van der Waals surface area (Å²) in [6, 6.07) is 11.5. The predicted octanol–water partition coefficient (Wildman–Crippen LogP) is 3.26. The Hall–Kier alpha value is -4.31. The summed E-state index contributed by atoms with van der Waals surface area (Å²) in [5.41, 5.74) is 1.32. The first kappa shape index (κ1) is 24.8. The van der Waals surface area contributed by atoms with E-state index in [1.165, 1.54) is 22.8 Å². The van der Waals surface area contributed by atoms with Crippen molar-refractivity contribution in [1.82, 2.24) is 14.5 Å². The standard InChI is InChI=1S/C26H26N4O6/c1-4-36-26(34)21-15(2)27-19-8-5-6-9-20(19)28-22(21)29-23(31)16-10-11-17-18(14-16)25(33)30(24(17)32)12-7-13-35-3/h5-6,8-11,14,32-33H,4,7,12-13H2,1-3H3. The van der Waals surface area contributed by atoms with Gasteiger partial charge in [-0.05, 0) is 50.6 Å². The van der Waals surface area contributed by atoms with Crippen molar-refractivity contribution >= 4 is 33.7 Å². The predicted molar refractivity (Wildman–Crippen MR) is 132 cm³/mol. The molecule has 0 spiro atoms. The van der Waals surface area contributed by atoms with Crippen LogP contribution in [0.1, 0.15) is 39.8 Å². The van der Waals surface area contributed by atoms with Gasteiger partial charge >= 0.3 is 5.97 Å². The van der Waals surface area contributed by atoms with Crippen LogP contribution in [0.25, 0.3) is 21.8 Å². The Morgan fingerprint density at radius 3 is 2.42 bits per heavy atom. The van der Waals surface area contributed by atoms with Gasteiger partial charge in [0.25, 0.3) is 5.91 Å². The van der Waals surface area contributed by atoms with Crippen LogP contribution < -0.4 is 5.49 Å². The van der Waals surface area contributed by atoms with E-state index in [0.29, 0.717) is 47.1 Å². The average Bonchev–Trinajstić information content (AvgIpc) is 3.00. The first-order valence-corrected chi connectivity index (χ1v) is 11.4. The van der Waals surface area contributed by atoms with Crippen LogP contribution in [-0.4, -0.2) is 56.9 Å². The summed E-state index contributed by atoms with van der Waals surface area (Å²) < 4.78 is 11.6. The molecule has 0 saturated heterocycles. The van der Waals surface area contributed by atoms with Gasteiger partial charge in [-0.25, -0.2) is 9.78 Å². The highest BCUT2D eigenvalue weighted by molar-refractivity contribution is 6.02. The van der Waals surface area contributed by atoms with Gasteiger partial charge in [0.1, 0.15) is 5.56 Å². The van der Waals surface area contributed by atoms with E-state index in [9.17, 15) is 19.8 Å². The van der Waals surface area contributed by atoms with E-state index in [1.807, 2.05) is 0 Å².